The summed E-state index contributed by atoms with van der Waals surface area (Å²) in [5.41, 5.74) is 1.75. The maximum Gasteiger partial charge on any atom is 0.264 e. The topological polar surface area (TPSA) is 96.0 Å². The lowest BCUT2D eigenvalue weighted by atomic mass is 10.1. The molecule has 0 spiro atoms. The lowest BCUT2D eigenvalue weighted by molar-refractivity contribution is -0.140. The Kier molecular flexibility index (Phi) is 10.9. The van der Waals surface area contributed by atoms with Gasteiger partial charge in [-0.05, 0) is 80.8 Å². The molecule has 10 heteroatoms. The largest absolute Gasteiger partial charge is 0.497 e. The Hall–Kier alpha value is -3.92. The molecule has 2 amide bonds. The lowest BCUT2D eigenvalue weighted by Gasteiger charge is -2.33. The van der Waals surface area contributed by atoms with E-state index in [1.807, 2.05) is 20.8 Å². The number of amides is 2. The summed E-state index contributed by atoms with van der Waals surface area (Å²) in [6.45, 7) is 6.88. The number of benzene rings is 3. The Labute approximate surface area is 242 Å². The van der Waals surface area contributed by atoms with E-state index in [0.29, 0.717) is 24.2 Å². The molecular weight excluding hydrogens is 545 g/mol. The minimum absolute atomic E-state index is 0.00736. The maximum absolute atomic E-state index is 14.1. The molecule has 0 fully saturated rings. The van der Waals surface area contributed by atoms with E-state index in [4.69, 9.17) is 4.74 Å². The van der Waals surface area contributed by atoms with Gasteiger partial charge in [0, 0.05) is 12.6 Å². The fourth-order valence-electron chi connectivity index (χ4n) is 4.26. The highest BCUT2D eigenvalue weighted by atomic mass is 32.2. The predicted molar refractivity (Wildman–Crippen MR) is 158 cm³/mol. The van der Waals surface area contributed by atoms with Crippen molar-refractivity contribution in [3.8, 4) is 5.75 Å². The van der Waals surface area contributed by atoms with Gasteiger partial charge in [-0.2, -0.15) is 0 Å². The van der Waals surface area contributed by atoms with Crippen LogP contribution in [0, 0.1) is 12.7 Å². The van der Waals surface area contributed by atoms with E-state index in [2.05, 4.69) is 5.32 Å². The quantitative estimate of drug-likeness (QED) is 0.304. The van der Waals surface area contributed by atoms with Gasteiger partial charge in [-0.3, -0.25) is 13.9 Å². The van der Waals surface area contributed by atoms with Gasteiger partial charge in [0.05, 0.1) is 17.7 Å². The lowest BCUT2D eigenvalue weighted by Crippen LogP contribution is -2.53. The Balaban J connectivity index is 2.05. The van der Waals surface area contributed by atoms with Crippen LogP contribution in [0.5, 0.6) is 5.75 Å². The Morgan fingerprint density at radius 2 is 1.54 bits per heavy atom. The molecule has 2 atom stereocenters. The molecule has 0 heterocycles. The number of aryl methyl sites for hydroxylation is 1. The number of hydrogen-bond acceptors (Lipinski definition) is 5. The number of methoxy groups -OCH3 is 1. The van der Waals surface area contributed by atoms with E-state index in [-0.39, 0.29) is 29.1 Å². The first-order valence-corrected chi connectivity index (χ1v) is 15.0. The molecule has 0 aliphatic heterocycles. The third-order valence-corrected chi connectivity index (χ3v) is 8.69. The first kappa shape index (κ1) is 31.6. The average Bonchev–Trinajstić information content (AvgIpc) is 2.96. The van der Waals surface area contributed by atoms with Crippen molar-refractivity contribution in [2.24, 2.45) is 0 Å². The number of nitrogens with zero attached hydrogens (tertiary/aromatic N) is 2. The first-order chi connectivity index (χ1) is 19.5. The minimum Gasteiger partial charge on any atom is -0.497 e. The van der Waals surface area contributed by atoms with Crippen molar-refractivity contribution in [1.82, 2.24) is 10.2 Å². The summed E-state index contributed by atoms with van der Waals surface area (Å²) >= 11 is 0. The zero-order valence-electron chi connectivity index (χ0n) is 24.1. The zero-order valence-corrected chi connectivity index (χ0v) is 24.9. The van der Waals surface area contributed by atoms with Crippen LogP contribution in [-0.2, 0) is 26.2 Å². The van der Waals surface area contributed by atoms with Crippen LogP contribution in [0.4, 0.5) is 10.1 Å². The van der Waals surface area contributed by atoms with Crippen LogP contribution in [0.3, 0.4) is 0 Å². The van der Waals surface area contributed by atoms with Gasteiger partial charge < -0.3 is 15.0 Å². The Morgan fingerprint density at radius 1 is 0.927 bits per heavy atom. The van der Waals surface area contributed by atoms with Crippen LogP contribution < -0.4 is 14.4 Å². The van der Waals surface area contributed by atoms with Gasteiger partial charge in [0.25, 0.3) is 10.0 Å². The molecule has 8 nitrogen and oxygen atoms in total. The summed E-state index contributed by atoms with van der Waals surface area (Å²) in [6.07, 6.45) is 0.997. The molecule has 0 bridgehead atoms. The molecule has 3 rings (SSSR count). The van der Waals surface area contributed by atoms with E-state index < -0.39 is 34.3 Å². The number of carbonyl (C=O) groups is 2. The summed E-state index contributed by atoms with van der Waals surface area (Å²) < 4.78 is 47.7. The zero-order chi connectivity index (χ0) is 30.2. The second-order valence-electron chi connectivity index (χ2n) is 9.91. The third kappa shape index (κ3) is 8.07. The van der Waals surface area contributed by atoms with Crippen LogP contribution >= 0.6 is 0 Å². The van der Waals surface area contributed by atoms with Crippen molar-refractivity contribution in [2.75, 3.05) is 18.0 Å². The molecule has 3 aromatic carbocycles. The molecule has 0 radical (unpaired) electrons. The average molecular weight is 584 g/mol. The van der Waals surface area contributed by atoms with E-state index in [1.165, 1.54) is 36.3 Å². The maximum atomic E-state index is 14.1. The normalized spacial score (nSPS) is 12.7. The molecule has 0 aliphatic rings. The fraction of sp³-hybridized carbons (Fsp3) is 0.355. The van der Waals surface area contributed by atoms with Gasteiger partial charge in [0.1, 0.15) is 24.2 Å². The van der Waals surface area contributed by atoms with Crippen LogP contribution in [0.15, 0.2) is 77.7 Å². The van der Waals surface area contributed by atoms with Crippen molar-refractivity contribution in [3.05, 3.63) is 89.7 Å². The van der Waals surface area contributed by atoms with E-state index in [1.54, 1.807) is 55.5 Å². The molecule has 1 N–H and O–H groups in total. The number of ether oxygens (including phenoxy) is 1. The fourth-order valence-corrected chi connectivity index (χ4v) is 5.68. The van der Waals surface area contributed by atoms with Gasteiger partial charge in [0.15, 0.2) is 0 Å². The molecule has 0 unspecified atom stereocenters. The number of sulfonamides is 1. The van der Waals surface area contributed by atoms with Gasteiger partial charge in [0.2, 0.25) is 11.8 Å². The highest BCUT2D eigenvalue weighted by Gasteiger charge is 2.34. The Bertz CT molecular complexity index is 1410. The summed E-state index contributed by atoms with van der Waals surface area (Å²) in [5.74, 6) is -0.816. The molecule has 220 valence electrons. The summed E-state index contributed by atoms with van der Waals surface area (Å²) in [4.78, 5) is 28.7. The molecular formula is C31H38FN3O5S. The highest BCUT2D eigenvalue weighted by Crippen LogP contribution is 2.27. The van der Waals surface area contributed by atoms with Gasteiger partial charge >= 0.3 is 0 Å². The van der Waals surface area contributed by atoms with E-state index >= 15 is 0 Å². The predicted octanol–water partition coefficient (Wildman–Crippen LogP) is 5.06. The second kappa shape index (κ2) is 14.1. The Morgan fingerprint density at radius 3 is 2.07 bits per heavy atom. The van der Waals surface area contributed by atoms with Crippen molar-refractivity contribution in [3.63, 3.8) is 0 Å². The minimum atomic E-state index is -4.18. The third-order valence-electron chi connectivity index (χ3n) is 6.90. The standard InChI is InChI=1S/C31H38FN3O5S/c1-6-23(4)33-31(37)29(7-2)34(20-24-10-12-25(32)13-11-24)30(36)21-35(26-14-16-27(40-5)17-15-26)41(38,39)28-18-8-22(3)9-19-28/h8-19,23,29H,6-7,20-21H2,1-5H3,(H,33,37)/t23-,29-/m0/s1. The number of hydrogen-bond donors (Lipinski definition) is 1. The smallest absolute Gasteiger partial charge is 0.264 e. The summed E-state index contributed by atoms with van der Waals surface area (Å²) in [5, 5.41) is 2.93. The molecule has 0 saturated carbocycles. The number of halogens is 1. The van der Waals surface area contributed by atoms with Gasteiger partial charge in [-0.1, -0.05) is 43.7 Å². The summed E-state index contributed by atoms with van der Waals surface area (Å²) in [7, 11) is -2.68. The van der Waals surface area contributed by atoms with E-state index in [9.17, 15) is 22.4 Å². The second-order valence-corrected chi connectivity index (χ2v) is 11.8. The van der Waals surface area contributed by atoms with Crippen LogP contribution in [0.25, 0.3) is 0 Å². The van der Waals surface area contributed by atoms with E-state index in [0.717, 1.165) is 9.87 Å². The van der Waals surface area contributed by atoms with Crippen molar-refractivity contribution in [2.45, 2.75) is 64.1 Å². The number of nitrogens with one attached hydrogen (secondary N) is 1. The SMILES string of the molecule is CC[C@H](C)NC(=O)[C@H](CC)N(Cc1ccc(F)cc1)C(=O)CN(c1ccc(OC)cc1)S(=O)(=O)c1ccc(C)cc1. The number of rotatable bonds is 13. The number of carbonyl (C=O) groups excluding carboxylic acids is 2. The molecule has 0 aliphatic carbocycles. The van der Waals surface area contributed by atoms with Gasteiger partial charge in [-0.15, -0.1) is 0 Å². The summed E-state index contributed by atoms with van der Waals surface area (Å²) in [6, 6.07) is 17.4. The highest BCUT2D eigenvalue weighted by molar-refractivity contribution is 7.92. The molecule has 3 aromatic rings. The van der Waals surface area contributed by atoms with Crippen LogP contribution in [0.2, 0.25) is 0 Å². The number of anilines is 1. The van der Waals surface area contributed by atoms with Gasteiger partial charge in [-0.25, -0.2) is 12.8 Å². The van der Waals surface area contributed by atoms with Crippen LogP contribution in [0.1, 0.15) is 44.7 Å². The first-order valence-electron chi connectivity index (χ1n) is 13.6. The molecule has 0 aromatic heterocycles. The molecule has 0 saturated heterocycles. The van der Waals surface area contributed by atoms with Crippen molar-refractivity contribution < 1.29 is 27.1 Å². The molecule has 41 heavy (non-hydrogen) atoms. The van der Waals surface area contributed by atoms with Crippen molar-refractivity contribution >= 4 is 27.5 Å². The monoisotopic (exact) mass is 583 g/mol. The van der Waals surface area contributed by atoms with Crippen molar-refractivity contribution in [1.29, 1.82) is 0 Å². The van der Waals surface area contributed by atoms with Crippen LogP contribution in [-0.4, -0.2) is 50.9 Å².